The number of methoxy groups -OCH3 is 1. The maximum absolute atomic E-state index is 14.7. The largest absolute Gasteiger partial charge is 0.481 e. The molecule has 1 aromatic carbocycles. The Bertz CT molecular complexity index is 1170. The molecule has 32 heavy (non-hydrogen) atoms. The molecule has 0 aliphatic heterocycles. The lowest BCUT2D eigenvalue weighted by Gasteiger charge is -2.22. The summed E-state index contributed by atoms with van der Waals surface area (Å²) < 4.78 is 19.7. The van der Waals surface area contributed by atoms with Crippen LogP contribution >= 0.6 is 0 Å². The monoisotopic (exact) mass is 434 g/mol. The van der Waals surface area contributed by atoms with E-state index in [0.29, 0.717) is 17.3 Å². The van der Waals surface area contributed by atoms with Crippen molar-refractivity contribution in [1.29, 1.82) is 0 Å². The smallest absolute Gasteiger partial charge is 0.256 e. The number of nitrogens with zero attached hydrogens (tertiary/aromatic N) is 4. The number of carbonyl (C=O) groups excluding carboxylic acids is 2. The molecule has 10 heteroatoms. The maximum Gasteiger partial charge on any atom is 0.256 e. The van der Waals surface area contributed by atoms with Crippen molar-refractivity contribution in [3.05, 3.63) is 79.9 Å². The van der Waals surface area contributed by atoms with E-state index in [2.05, 4.69) is 38.7 Å². The van der Waals surface area contributed by atoms with Gasteiger partial charge in [0.25, 0.3) is 5.91 Å². The third-order valence-electron chi connectivity index (χ3n) is 4.09. The lowest BCUT2D eigenvalue weighted by molar-refractivity contribution is -0.113. The van der Waals surface area contributed by atoms with E-state index in [9.17, 15) is 14.0 Å². The molecule has 9 nitrogen and oxygen atoms in total. The topological polar surface area (TPSA) is 109 Å². The number of anilines is 5. The molecule has 162 valence electrons. The van der Waals surface area contributed by atoms with Gasteiger partial charge in [0, 0.05) is 11.8 Å². The molecule has 2 amide bonds. The van der Waals surface area contributed by atoms with Crippen molar-refractivity contribution >= 4 is 40.6 Å². The number of benzene rings is 1. The Morgan fingerprint density at radius 3 is 2.56 bits per heavy atom. The van der Waals surface area contributed by atoms with Crippen LogP contribution in [-0.2, 0) is 9.59 Å². The van der Waals surface area contributed by atoms with Crippen molar-refractivity contribution in [2.24, 2.45) is 0 Å². The van der Waals surface area contributed by atoms with Gasteiger partial charge in [-0.3, -0.25) is 14.5 Å². The molecular formula is C22H19FN6O3. The van der Waals surface area contributed by atoms with Gasteiger partial charge in [0.1, 0.15) is 0 Å². The Kier molecular flexibility index (Phi) is 6.86. The molecule has 0 saturated carbocycles. The number of halogens is 1. The van der Waals surface area contributed by atoms with Crippen LogP contribution < -0.4 is 20.3 Å². The molecule has 3 aromatic rings. The number of pyridine rings is 1. The highest BCUT2D eigenvalue weighted by Gasteiger charge is 2.22. The van der Waals surface area contributed by atoms with Gasteiger partial charge in [-0.2, -0.15) is 4.98 Å². The van der Waals surface area contributed by atoms with Crippen molar-refractivity contribution in [3.8, 4) is 5.88 Å². The Hall–Kier alpha value is -4.60. The zero-order valence-corrected chi connectivity index (χ0v) is 17.1. The molecule has 3 rings (SSSR count). The van der Waals surface area contributed by atoms with Crippen LogP contribution in [0.25, 0.3) is 0 Å². The number of hydrogen-bond donors (Lipinski definition) is 2. The molecule has 0 aliphatic carbocycles. The van der Waals surface area contributed by atoms with E-state index in [1.54, 1.807) is 30.3 Å². The first-order valence-corrected chi connectivity index (χ1v) is 9.24. The molecule has 0 saturated heterocycles. The second kappa shape index (κ2) is 9.94. The van der Waals surface area contributed by atoms with Crippen LogP contribution in [0.1, 0.15) is 0 Å². The highest BCUT2D eigenvalue weighted by Crippen LogP contribution is 2.29. The summed E-state index contributed by atoms with van der Waals surface area (Å²) in [4.78, 5) is 37.4. The molecule has 0 spiro atoms. The summed E-state index contributed by atoms with van der Waals surface area (Å²) in [6.07, 6.45) is 4.56. The van der Waals surface area contributed by atoms with Crippen LogP contribution in [0.5, 0.6) is 5.88 Å². The Morgan fingerprint density at radius 1 is 1.09 bits per heavy atom. The van der Waals surface area contributed by atoms with Gasteiger partial charge >= 0.3 is 0 Å². The summed E-state index contributed by atoms with van der Waals surface area (Å²) in [5.41, 5.74) is 1.16. The van der Waals surface area contributed by atoms with E-state index >= 15 is 0 Å². The summed E-state index contributed by atoms with van der Waals surface area (Å²) in [5, 5.41) is 5.48. The number of rotatable bonds is 8. The minimum atomic E-state index is -0.834. The van der Waals surface area contributed by atoms with Crippen molar-refractivity contribution in [1.82, 2.24) is 15.0 Å². The lowest BCUT2D eigenvalue weighted by Crippen LogP contribution is -2.26. The van der Waals surface area contributed by atoms with Crippen molar-refractivity contribution in [3.63, 3.8) is 0 Å². The molecule has 0 radical (unpaired) electrons. The molecule has 0 unspecified atom stereocenters. The SMILES string of the molecule is C=CC(=O)Nc1cccc(N(C(=O)C=C)c2nc(Nc3ccc(OC)nc3)ncc2F)c1. The quantitative estimate of drug-likeness (QED) is 0.520. The normalized spacial score (nSPS) is 10.1. The van der Waals surface area contributed by atoms with Crippen LogP contribution in [0.3, 0.4) is 0 Å². The predicted molar refractivity (Wildman–Crippen MR) is 119 cm³/mol. The van der Waals surface area contributed by atoms with Gasteiger partial charge in [-0.25, -0.2) is 14.4 Å². The minimum Gasteiger partial charge on any atom is -0.481 e. The van der Waals surface area contributed by atoms with Gasteiger partial charge in [0.2, 0.25) is 17.7 Å². The fourth-order valence-corrected chi connectivity index (χ4v) is 2.64. The standard InChI is InChI=1S/C22H19FN6O3/c1-4-18(30)26-14-7-6-8-16(11-14)29(20(31)5-2)21-17(23)13-25-22(28-21)27-15-9-10-19(32-3)24-12-15/h4-13H,1-2H2,3H3,(H,26,30)(H,25,27,28). The van der Waals surface area contributed by atoms with Gasteiger partial charge < -0.3 is 15.4 Å². The molecule has 2 N–H and O–H groups in total. The fourth-order valence-electron chi connectivity index (χ4n) is 2.64. The highest BCUT2D eigenvalue weighted by molar-refractivity contribution is 6.07. The summed E-state index contributed by atoms with van der Waals surface area (Å²) in [6.45, 7) is 6.87. The second-order valence-electron chi connectivity index (χ2n) is 6.20. The number of carbonyl (C=O) groups is 2. The average molecular weight is 434 g/mol. The van der Waals surface area contributed by atoms with Crippen LogP contribution in [0.15, 0.2) is 74.1 Å². The first-order chi connectivity index (χ1) is 15.4. The summed E-state index contributed by atoms with van der Waals surface area (Å²) in [7, 11) is 1.49. The van der Waals surface area contributed by atoms with E-state index < -0.39 is 17.6 Å². The highest BCUT2D eigenvalue weighted by atomic mass is 19.1. The van der Waals surface area contributed by atoms with Gasteiger partial charge in [-0.15, -0.1) is 0 Å². The Morgan fingerprint density at radius 2 is 1.91 bits per heavy atom. The molecule has 2 heterocycles. The van der Waals surface area contributed by atoms with E-state index in [-0.39, 0.29) is 17.5 Å². The Labute approximate surface area is 183 Å². The van der Waals surface area contributed by atoms with Crippen LogP contribution in [0.4, 0.5) is 33.2 Å². The van der Waals surface area contributed by atoms with Crippen molar-refractivity contribution in [2.45, 2.75) is 0 Å². The number of amides is 2. The van der Waals surface area contributed by atoms with Crippen LogP contribution in [0, 0.1) is 5.82 Å². The number of ether oxygens (including phenoxy) is 1. The number of hydrogen-bond acceptors (Lipinski definition) is 7. The van der Waals surface area contributed by atoms with E-state index in [4.69, 9.17) is 4.74 Å². The molecular weight excluding hydrogens is 415 g/mol. The molecule has 2 aromatic heterocycles. The third kappa shape index (κ3) is 5.11. The number of nitrogens with one attached hydrogen (secondary N) is 2. The van der Waals surface area contributed by atoms with Crippen molar-refractivity contribution < 1.29 is 18.7 Å². The van der Waals surface area contributed by atoms with Gasteiger partial charge in [-0.05, 0) is 36.4 Å². The van der Waals surface area contributed by atoms with Crippen LogP contribution in [-0.4, -0.2) is 33.9 Å². The zero-order chi connectivity index (χ0) is 23.1. The summed E-state index contributed by atoms with van der Waals surface area (Å²) >= 11 is 0. The summed E-state index contributed by atoms with van der Waals surface area (Å²) in [6, 6.07) is 9.57. The molecule has 0 bridgehead atoms. The Balaban J connectivity index is 1.99. The van der Waals surface area contributed by atoms with E-state index in [1.165, 1.54) is 19.4 Å². The average Bonchev–Trinajstić information content (AvgIpc) is 2.81. The third-order valence-corrected chi connectivity index (χ3v) is 4.09. The van der Waals surface area contributed by atoms with Crippen molar-refractivity contribution in [2.75, 3.05) is 22.6 Å². The second-order valence-corrected chi connectivity index (χ2v) is 6.20. The predicted octanol–water partition coefficient (Wildman–Crippen LogP) is 3.74. The molecule has 0 fully saturated rings. The van der Waals surface area contributed by atoms with Gasteiger partial charge in [-0.1, -0.05) is 19.2 Å². The van der Waals surface area contributed by atoms with E-state index in [1.807, 2.05) is 0 Å². The maximum atomic E-state index is 14.7. The first-order valence-electron chi connectivity index (χ1n) is 9.24. The molecule has 0 aliphatic rings. The molecule has 0 atom stereocenters. The van der Waals surface area contributed by atoms with E-state index in [0.717, 1.165) is 23.2 Å². The summed E-state index contributed by atoms with van der Waals surface area (Å²) in [5.74, 6) is -1.75. The minimum absolute atomic E-state index is 0.0337. The first kappa shape index (κ1) is 22.1. The zero-order valence-electron chi connectivity index (χ0n) is 17.1. The lowest BCUT2D eigenvalue weighted by atomic mass is 10.2. The fraction of sp³-hybridized carbons (Fsp3) is 0.0455. The van der Waals surface area contributed by atoms with Crippen LogP contribution in [0.2, 0.25) is 0 Å². The van der Waals surface area contributed by atoms with Gasteiger partial charge in [0.05, 0.1) is 30.9 Å². The van der Waals surface area contributed by atoms with Gasteiger partial charge in [0.15, 0.2) is 11.6 Å². The number of aromatic nitrogens is 3.